The van der Waals surface area contributed by atoms with E-state index in [4.69, 9.17) is 5.10 Å². The Balaban J connectivity index is 1.71. The molecule has 2 heterocycles. The minimum Gasteiger partial charge on any atom is -0.281 e. The summed E-state index contributed by atoms with van der Waals surface area (Å²) in [5.41, 5.74) is 3.61. The second-order valence-electron chi connectivity index (χ2n) is 7.51. The lowest BCUT2D eigenvalue weighted by molar-refractivity contribution is 0.414. The van der Waals surface area contributed by atoms with Gasteiger partial charge in [-0.05, 0) is 36.1 Å². The third-order valence-electron chi connectivity index (χ3n) is 5.76. The number of para-hydroxylation sites is 1. The van der Waals surface area contributed by atoms with Gasteiger partial charge in [0, 0.05) is 23.8 Å². The number of rotatable bonds is 5. The molecular formula is C24H24N4. The summed E-state index contributed by atoms with van der Waals surface area (Å²) in [6.45, 7) is 0. The number of hydrogen-bond acceptors (Lipinski definition) is 3. The number of benzene rings is 2. The van der Waals surface area contributed by atoms with Gasteiger partial charge in [-0.25, -0.2) is 0 Å². The van der Waals surface area contributed by atoms with E-state index >= 15 is 0 Å². The van der Waals surface area contributed by atoms with Crippen LogP contribution in [0, 0.1) is 0 Å². The number of fused-ring (bicyclic) bond motifs is 1. The summed E-state index contributed by atoms with van der Waals surface area (Å²) >= 11 is 0. The lowest BCUT2D eigenvalue weighted by atomic mass is 9.98. The van der Waals surface area contributed by atoms with E-state index in [-0.39, 0.29) is 6.04 Å². The number of pyridine rings is 1. The maximum Gasteiger partial charge on any atom is 0.0988 e. The Labute approximate surface area is 165 Å². The van der Waals surface area contributed by atoms with E-state index in [9.17, 15) is 0 Å². The fourth-order valence-corrected chi connectivity index (χ4v) is 4.46. The first-order valence-electron chi connectivity index (χ1n) is 10.1. The SMILES string of the molecule is c1ccc(C(c2cccnc2)N(C2CCCC2)n2ncc3ccccc32)cc1. The maximum atomic E-state index is 4.83. The summed E-state index contributed by atoms with van der Waals surface area (Å²) in [6.07, 6.45) is 10.7. The van der Waals surface area contributed by atoms with Gasteiger partial charge in [0.15, 0.2) is 0 Å². The van der Waals surface area contributed by atoms with Crippen molar-refractivity contribution in [2.75, 3.05) is 5.01 Å². The maximum absolute atomic E-state index is 4.83. The standard InChI is InChI=1S/C24H24N4/c1-2-9-19(10-3-1)24(21-12-8-16-25-17-21)27(22-13-5-6-14-22)28-23-15-7-4-11-20(23)18-26-28/h1-4,7-12,15-18,22,24H,5-6,13-14H2. The molecule has 1 unspecified atom stereocenters. The van der Waals surface area contributed by atoms with Crippen LogP contribution in [0.3, 0.4) is 0 Å². The smallest absolute Gasteiger partial charge is 0.0988 e. The predicted molar refractivity (Wildman–Crippen MR) is 113 cm³/mol. The Morgan fingerprint density at radius 2 is 1.57 bits per heavy atom. The lowest BCUT2D eigenvalue weighted by Crippen LogP contribution is -2.46. The molecule has 1 aliphatic rings. The normalized spacial score (nSPS) is 15.7. The summed E-state index contributed by atoms with van der Waals surface area (Å²) < 4.78 is 0. The molecule has 0 N–H and O–H groups in total. The molecule has 28 heavy (non-hydrogen) atoms. The third kappa shape index (κ3) is 3.05. The second kappa shape index (κ2) is 7.47. The van der Waals surface area contributed by atoms with Crippen molar-refractivity contribution in [2.24, 2.45) is 0 Å². The minimum atomic E-state index is 0.0707. The highest BCUT2D eigenvalue weighted by Gasteiger charge is 2.32. The molecule has 0 aliphatic heterocycles. The largest absolute Gasteiger partial charge is 0.281 e. The average molecular weight is 368 g/mol. The van der Waals surface area contributed by atoms with Crippen molar-refractivity contribution >= 4 is 10.9 Å². The van der Waals surface area contributed by atoms with Crippen LogP contribution in [0.4, 0.5) is 0 Å². The van der Waals surface area contributed by atoms with Gasteiger partial charge in [0.2, 0.25) is 0 Å². The summed E-state index contributed by atoms with van der Waals surface area (Å²) in [6, 6.07) is 23.9. The Kier molecular flexibility index (Phi) is 4.53. The van der Waals surface area contributed by atoms with Crippen LogP contribution in [0.5, 0.6) is 0 Å². The molecule has 4 nitrogen and oxygen atoms in total. The molecular weight excluding hydrogens is 344 g/mol. The molecule has 0 amide bonds. The Morgan fingerprint density at radius 1 is 0.821 bits per heavy atom. The predicted octanol–water partition coefficient (Wildman–Crippen LogP) is 5.10. The molecule has 140 valence electrons. The first-order valence-corrected chi connectivity index (χ1v) is 10.1. The van der Waals surface area contributed by atoms with Crippen LogP contribution >= 0.6 is 0 Å². The summed E-state index contributed by atoms with van der Waals surface area (Å²) in [7, 11) is 0. The van der Waals surface area contributed by atoms with Crippen LogP contribution in [0.25, 0.3) is 10.9 Å². The first kappa shape index (κ1) is 17.0. The van der Waals surface area contributed by atoms with Crippen LogP contribution in [0.2, 0.25) is 0 Å². The van der Waals surface area contributed by atoms with E-state index in [1.165, 1.54) is 42.2 Å². The molecule has 4 aromatic rings. The van der Waals surface area contributed by atoms with E-state index in [0.29, 0.717) is 6.04 Å². The molecule has 2 aromatic carbocycles. The summed E-state index contributed by atoms with van der Waals surface area (Å²) in [5, 5.41) is 8.49. The highest BCUT2D eigenvalue weighted by Crippen LogP contribution is 2.35. The zero-order valence-corrected chi connectivity index (χ0v) is 15.9. The molecule has 0 spiro atoms. The van der Waals surface area contributed by atoms with Gasteiger partial charge < -0.3 is 0 Å². The van der Waals surface area contributed by atoms with E-state index in [0.717, 1.165) is 5.52 Å². The van der Waals surface area contributed by atoms with E-state index in [1.54, 1.807) is 0 Å². The van der Waals surface area contributed by atoms with Crippen LogP contribution < -0.4 is 5.01 Å². The molecule has 1 saturated carbocycles. The molecule has 1 atom stereocenters. The quantitative estimate of drug-likeness (QED) is 0.491. The van der Waals surface area contributed by atoms with Gasteiger partial charge in [-0.1, -0.05) is 67.4 Å². The molecule has 1 fully saturated rings. The van der Waals surface area contributed by atoms with Crippen LogP contribution in [-0.2, 0) is 0 Å². The van der Waals surface area contributed by atoms with E-state index in [1.807, 2.05) is 24.7 Å². The van der Waals surface area contributed by atoms with Crippen LogP contribution in [0.15, 0.2) is 85.3 Å². The van der Waals surface area contributed by atoms with Crippen molar-refractivity contribution in [3.05, 3.63) is 96.4 Å². The first-order chi connectivity index (χ1) is 13.9. The van der Waals surface area contributed by atoms with Gasteiger partial charge in [0.05, 0.1) is 17.8 Å². The molecule has 0 bridgehead atoms. The molecule has 0 saturated heterocycles. The fourth-order valence-electron chi connectivity index (χ4n) is 4.46. The molecule has 0 radical (unpaired) electrons. The van der Waals surface area contributed by atoms with Gasteiger partial charge in [0.25, 0.3) is 0 Å². The van der Waals surface area contributed by atoms with Gasteiger partial charge in [0.1, 0.15) is 0 Å². The van der Waals surface area contributed by atoms with Crippen molar-refractivity contribution in [2.45, 2.75) is 37.8 Å². The molecule has 1 aliphatic carbocycles. The number of nitrogens with zero attached hydrogens (tertiary/aromatic N) is 4. The van der Waals surface area contributed by atoms with Crippen LogP contribution in [0.1, 0.15) is 42.9 Å². The van der Waals surface area contributed by atoms with Gasteiger partial charge >= 0.3 is 0 Å². The van der Waals surface area contributed by atoms with Gasteiger partial charge in [-0.2, -0.15) is 9.89 Å². The summed E-state index contributed by atoms with van der Waals surface area (Å²) in [4.78, 5) is 6.56. The monoisotopic (exact) mass is 368 g/mol. The molecule has 4 heteroatoms. The Bertz CT molecular complexity index is 996. The van der Waals surface area contributed by atoms with E-state index in [2.05, 4.69) is 75.4 Å². The Hall–Kier alpha value is -3.14. The van der Waals surface area contributed by atoms with Crippen molar-refractivity contribution < 1.29 is 0 Å². The zero-order chi connectivity index (χ0) is 18.8. The number of hydrogen-bond donors (Lipinski definition) is 0. The van der Waals surface area contributed by atoms with Crippen molar-refractivity contribution in [3.8, 4) is 0 Å². The van der Waals surface area contributed by atoms with Gasteiger partial charge in [-0.15, -0.1) is 0 Å². The molecule has 2 aromatic heterocycles. The minimum absolute atomic E-state index is 0.0707. The highest BCUT2D eigenvalue weighted by molar-refractivity contribution is 5.78. The fraction of sp³-hybridized carbons (Fsp3) is 0.250. The van der Waals surface area contributed by atoms with Crippen LogP contribution in [-0.4, -0.2) is 20.9 Å². The third-order valence-corrected chi connectivity index (χ3v) is 5.76. The van der Waals surface area contributed by atoms with Crippen molar-refractivity contribution in [1.29, 1.82) is 0 Å². The topological polar surface area (TPSA) is 34.0 Å². The van der Waals surface area contributed by atoms with Gasteiger partial charge in [-0.3, -0.25) is 9.99 Å². The summed E-state index contributed by atoms with van der Waals surface area (Å²) in [5.74, 6) is 0. The number of aromatic nitrogens is 3. The second-order valence-corrected chi connectivity index (χ2v) is 7.51. The Morgan fingerprint density at radius 3 is 2.36 bits per heavy atom. The average Bonchev–Trinajstić information content (AvgIpc) is 3.44. The lowest BCUT2D eigenvalue weighted by Gasteiger charge is -2.38. The van der Waals surface area contributed by atoms with Crippen molar-refractivity contribution in [1.82, 2.24) is 14.9 Å². The van der Waals surface area contributed by atoms with Crippen molar-refractivity contribution in [3.63, 3.8) is 0 Å². The zero-order valence-electron chi connectivity index (χ0n) is 15.9. The van der Waals surface area contributed by atoms with E-state index < -0.39 is 0 Å². The highest BCUT2D eigenvalue weighted by atomic mass is 15.7. The molecule has 5 rings (SSSR count).